The van der Waals surface area contributed by atoms with E-state index in [-0.39, 0.29) is 17.5 Å². The zero-order valence-corrected chi connectivity index (χ0v) is 14.6. The molecule has 0 saturated carbocycles. The summed E-state index contributed by atoms with van der Waals surface area (Å²) in [6, 6.07) is 9.04. The van der Waals surface area contributed by atoms with Crippen molar-refractivity contribution in [1.29, 1.82) is 0 Å². The van der Waals surface area contributed by atoms with Gasteiger partial charge in [-0.2, -0.15) is 0 Å². The molecule has 1 N–H and O–H groups in total. The Bertz CT molecular complexity index is 752. The highest BCUT2D eigenvalue weighted by Crippen LogP contribution is 2.17. The average molecular weight is 325 g/mol. The van der Waals surface area contributed by atoms with Crippen LogP contribution in [0.15, 0.2) is 36.5 Å². The van der Waals surface area contributed by atoms with Crippen LogP contribution in [0.1, 0.15) is 45.8 Å². The van der Waals surface area contributed by atoms with E-state index in [1.165, 1.54) is 6.20 Å². The molecule has 126 valence electrons. The standard InChI is InChI=1S/C19H23N3O2/c1-5-22(6-2)19(24)15-9-10-20-17(12-15)18(23)21-16-11-13(3)7-8-14(16)4/h7-12H,5-6H2,1-4H3,(H,21,23). The highest BCUT2D eigenvalue weighted by Gasteiger charge is 2.16. The van der Waals surface area contributed by atoms with Crippen molar-refractivity contribution in [3.05, 3.63) is 58.9 Å². The molecule has 1 aromatic carbocycles. The van der Waals surface area contributed by atoms with Crippen molar-refractivity contribution in [1.82, 2.24) is 9.88 Å². The summed E-state index contributed by atoms with van der Waals surface area (Å²) in [6.45, 7) is 9.01. The number of amides is 2. The molecule has 2 rings (SSSR count). The second-order valence-corrected chi connectivity index (χ2v) is 5.68. The van der Waals surface area contributed by atoms with Crippen molar-refractivity contribution in [3.8, 4) is 0 Å². The van der Waals surface area contributed by atoms with Gasteiger partial charge in [0.25, 0.3) is 11.8 Å². The fraction of sp³-hybridized carbons (Fsp3) is 0.316. The predicted molar refractivity (Wildman–Crippen MR) is 95.4 cm³/mol. The van der Waals surface area contributed by atoms with E-state index in [1.807, 2.05) is 45.9 Å². The molecule has 0 saturated heterocycles. The number of nitrogens with zero attached hydrogens (tertiary/aromatic N) is 2. The fourth-order valence-corrected chi connectivity index (χ4v) is 2.44. The molecule has 0 aliphatic carbocycles. The first-order chi connectivity index (χ1) is 11.5. The van der Waals surface area contributed by atoms with Gasteiger partial charge in [-0.05, 0) is 57.0 Å². The van der Waals surface area contributed by atoms with Crippen LogP contribution in [0, 0.1) is 13.8 Å². The van der Waals surface area contributed by atoms with Gasteiger partial charge in [0, 0.05) is 30.5 Å². The normalized spacial score (nSPS) is 10.3. The maximum Gasteiger partial charge on any atom is 0.274 e. The van der Waals surface area contributed by atoms with Crippen LogP contribution in [-0.2, 0) is 0 Å². The number of rotatable bonds is 5. The Morgan fingerprint density at radius 3 is 2.46 bits per heavy atom. The maximum absolute atomic E-state index is 12.5. The van der Waals surface area contributed by atoms with Gasteiger partial charge in [-0.15, -0.1) is 0 Å². The van der Waals surface area contributed by atoms with E-state index in [4.69, 9.17) is 0 Å². The SMILES string of the molecule is CCN(CC)C(=O)c1ccnc(C(=O)Nc2cc(C)ccc2C)c1. The van der Waals surface area contributed by atoms with Crippen molar-refractivity contribution in [3.63, 3.8) is 0 Å². The molecule has 1 heterocycles. The molecule has 2 amide bonds. The van der Waals surface area contributed by atoms with E-state index in [0.29, 0.717) is 18.7 Å². The monoisotopic (exact) mass is 325 g/mol. The van der Waals surface area contributed by atoms with Crippen LogP contribution in [0.25, 0.3) is 0 Å². The molecule has 2 aromatic rings. The van der Waals surface area contributed by atoms with Gasteiger partial charge >= 0.3 is 0 Å². The smallest absolute Gasteiger partial charge is 0.274 e. The molecule has 0 radical (unpaired) electrons. The number of nitrogens with one attached hydrogen (secondary N) is 1. The molecular weight excluding hydrogens is 302 g/mol. The minimum absolute atomic E-state index is 0.0943. The first-order valence-electron chi connectivity index (χ1n) is 8.10. The van der Waals surface area contributed by atoms with Crippen molar-refractivity contribution < 1.29 is 9.59 Å². The third-order valence-corrected chi connectivity index (χ3v) is 3.93. The minimum Gasteiger partial charge on any atom is -0.339 e. The van der Waals surface area contributed by atoms with Gasteiger partial charge in [0.05, 0.1) is 0 Å². The zero-order valence-electron chi connectivity index (χ0n) is 14.6. The highest BCUT2D eigenvalue weighted by molar-refractivity contribution is 6.05. The fourth-order valence-electron chi connectivity index (χ4n) is 2.44. The van der Waals surface area contributed by atoms with Crippen LogP contribution in [-0.4, -0.2) is 34.8 Å². The molecule has 0 unspecified atom stereocenters. The summed E-state index contributed by atoms with van der Waals surface area (Å²) in [5.41, 5.74) is 3.50. The maximum atomic E-state index is 12.5. The summed E-state index contributed by atoms with van der Waals surface area (Å²) < 4.78 is 0. The third kappa shape index (κ3) is 3.98. The summed E-state index contributed by atoms with van der Waals surface area (Å²) in [5.74, 6) is -0.416. The summed E-state index contributed by atoms with van der Waals surface area (Å²) in [4.78, 5) is 30.7. The van der Waals surface area contributed by atoms with E-state index in [0.717, 1.165) is 16.8 Å². The van der Waals surface area contributed by atoms with Crippen LogP contribution in [0.3, 0.4) is 0 Å². The Labute approximate surface area is 142 Å². The lowest BCUT2D eigenvalue weighted by Crippen LogP contribution is -2.30. The third-order valence-electron chi connectivity index (χ3n) is 3.93. The van der Waals surface area contributed by atoms with Crippen molar-refractivity contribution >= 4 is 17.5 Å². The number of aryl methyl sites for hydroxylation is 2. The van der Waals surface area contributed by atoms with Gasteiger partial charge in [-0.3, -0.25) is 14.6 Å². The lowest BCUT2D eigenvalue weighted by Gasteiger charge is -2.18. The molecule has 0 atom stereocenters. The van der Waals surface area contributed by atoms with Crippen molar-refractivity contribution in [2.24, 2.45) is 0 Å². The predicted octanol–water partition coefficient (Wildman–Crippen LogP) is 3.43. The molecule has 0 fully saturated rings. The Kier molecular flexibility index (Phi) is 5.68. The topological polar surface area (TPSA) is 62.3 Å². The molecule has 0 spiro atoms. The first kappa shape index (κ1) is 17.7. The summed E-state index contributed by atoms with van der Waals surface area (Å²) in [6.07, 6.45) is 1.49. The molecule has 5 heteroatoms. The van der Waals surface area contributed by atoms with Crippen LogP contribution >= 0.6 is 0 Å². The van der Waals surface area contributed by atoms with E-state index in [9.17, 15) is 9.59 Å². The molecule has 1 aromatic heterocycles. The largest absolute Gasteiger partial charge is 0.339 e. The number of carbonyl (C=O) groups is 2. The Morgan fingerprint density at radius 2 is 1.79 bits per heavy atom. The van der Waals surface area contributed by atoms with Crippen molar-refractivity contribution in [2.75, 3.05) is 18.4 Å². The van der Waals surface area contributed by atoms with E-state index >= 15 is 0 Å². The van der Waals surface area contributed by atoms with Crippen LogP contribution < -0.4 is 5.32 Å². The lowest BCUT2D eigenvalue weighted by atomic mass is 10.1. The molecule has 0 bridgehead atoms. The second kappa shape index (κ2) is 7.73. The van der Waals surface area contributed by atoms with Crippen LogP contribution in [0.2, 0.25) is 0 Å². The molecule has 5 nitrogen and oxygen atoms in total. The summed E-state index contributed by atoms with van der Waals surface area (Å²) >= 11 is 0. The number of anilines is 1. The number of benzene rings is 1. The zero-order chi connectivity index (χ0) is 17.7. The number of hydrogen-bond donors (Lipinski definition) is 1. The van der Waals surface area contributed by atoms with Gasteiger partial charge in [0.2, 0.25) is 0 Å². The quantitative estimate of drug-likeness (QED) is 0.916. The van der Waals surface area contributed by atoms with Crippen molar-refractivity contribution in [2.45, 2.75) is 27.7 Å². The minimum atomic E-state index is -0.321. The first-order valence-corrected chi connectivity index (χ1v) is 8.10. The number of aromatic nitrogens is 1. The number of pyridine rings is 1. The van der Waals surface area contributed by atoms with Gasteiger partial charge in [-0.25, -0.2) is 0 Å². The van der Waals surface area contributed by atoms with Crippen LogP contribution in [0.5, 0.6) is 0 Å². The number of carbonyl (C=O) groups excluding carboxylic acids is 2. The highest BCUT2D eigenvalue weighted by atomic mass is 16.2. The van der Waals surface area contributed by atoms with Gasteiger partial charge in [0.1, 0.15) is 5.69 Å². The van der Waals surface area contributed by atoms with E-state index in [2.05, 4.69) is 10.3 Å². The lowest BCUT2D eigenvalue weighted by molar-refractivity contribution is 0.0773. The van der Waals surface area contributed by atoms with E-state index < -0.39 is 0 Å². The van der Waals surface area contributed by atoms with E-state index in [1.54, 1.807) is 17.0 Å². The molecule has 0 aliphatic rings. The Hall–Kier alpha value is -2.69. The molecular formula is C19H23N3O2. The Morgan fingerprint density at radius 1 is 1.08 bits per heavy atom. The molecule has 24 heavy (non-hydrogen) atoms. The summed E-state index contributed by atoms with van der Waals surface area (Å²) in [5, 5.41) is 2.86. The van der Waals surface area contributed by atoms with Gasteiger partial charge < -0.3 is 10.2 Å². The molecule has 0 aliphatic heterocycles. The Balaban J connectivity index is 2.23. The number of hydrogen-bond acceptors (Lipinski definition) is 3. The summed E-state index contributed by atoms with van der Waals surface area (Å²) in [7, 11) is 0. The second-order valence-electron chi connectivity index (χ2n) is 5.68. The van der Waals surface area contributed by atoms with Crippen LogP contribution in [0.4, 0.5) is 5.69 Å². The average Bonchev–Trinajstić information content (AvgIpc) is 2.59. The van der Waals surface area contributed by atoms with Gasteiger partial charge in [0.15, 0.2) is 0 Å². The van der Waals surface area contributed by atoms with Gasteiger partial charge in [-0.1, -0.05) is 12.1 Å².